The molecule has 1 aromatic heterocycles. The molecule has 27 heavy (non-hydrogen) atoms. The summed E-state index contributed by atoms with van der Waals surface area (Å²) >= 11 is 1.71. The molecule has 6 nitrogen and oxygen atoms in total. The van der Waals surface area contributed by atoms with E-state index >= 15 is 0 Å². The number of carbonyl (C=O) groups is 1. The second-order valence-electron chi connectivity index (χ2n) is 7.04. The molecule has 7 heteroatoms. The molecular weight excluding hydrogens is 360 g/mol. The Hall–Kier alpha value is -1.96. The van der Waals surface area contributed by atoms with E-state index in [1.165, 1.54) is 0 Å². The molecule has 0 unspecified atom stereocenters. The molecule has 2 aliphatic rings. The number of thiazole rings is 1. The van der Waals surface area contributed by atoms with Crippen molar-refractivity contribution in [3.63, 3.8) is 0 Å². The van der Waals surface area contributed by atoms with Crippen molar-refractivity contribution in [2.24, 2.45) is 0 Å². The van der Waals surface area contributed by atoms with Gasteiger partial charge in [0.25, 0.3) is 0 Å². The Morgan fingerprint density at radius 2 is 1.78 bits per heavy atom. The van der Waals surface area contributed by atoms with Crippen LogP contribution >= 0.6 is 11.3 Å². The van der Waals surface area contributed by atoms with Gasteiger partial charge in [-0.05, 0) is 5.56 Å². The molecule has 2 aliphatic heterocycles. The quantitative estimate of drug-likeness (QED) is 0.785. The molecule has 0 atom stereocenters. The highest BCUT2D eigenvalue weighted by Gasteiger charge is 2.23. The first-order chi connectivity index (χ1) is 13.3. The molecule has 4 rings (SSSR count). The maximum atomic E-state index is 12.5. The van der Waals surface area contributed by atoms with Gasteiger partial charge in [0.2, 0.25) is 5.91 Å². The van der Waals surface area contributed by atoms with Crippen molar-refractivity contribution in [1.29, 1.82) is 0 Å². The molecule has 2 saturated heterocycles. The molecule has 1 aromatic carbocycles. The van der Waals surface area contributed by atoms with Crippen LogP contribution in [-0.2, 0) is 22.5 Å². The summed E-state index contributed by atoms with van der Waals surface area (Å²) in [5.74, 6) is 0.216. The number of hydrogen-bond donors (Lipinski definition) is 0. The number of piperazine rings is 1. The van der Waals surface area contributed by atoms with Crippen molar-refractivity contribution in [1.82, 2.24) is 14.8 Å². The molecule has 0 bridgehead atoms. The molecule has 0 N–H and O–H groups in total. The highest BCUT2D eigenvalue weighted by molar-refractivity contribution is 7.13. The Morgan fingerprint density at radius 3 is 2.52 bits per heavy atom. The number of hydrogen-bond acceptors (Lipinski definition) is 6. The zero-order valence-corrected chi connectivity index (χ0v) is 16.4. The summed E-state index contributed by atoms with van der Waals surface area (Å²) in [6.45, 7) is 7.73. The molecule has 2 fully saturated rings. The van der Waals surface area contributed by atoms with Crippen LogP contribution in [0.4, 0.5) is 5.13 Å². The van der Waals surface area contributed by atoms with Crippen LogP contribution in [0.5, 0.6) is 0 Å². The number of amides is 1. The van der Waals surface area contributed by atoms with E-state index in [9.17, 15) is 4.79 Å². The molecule has 0 spiro atoms. The van der Waals surface area contributed by atoms with Gasteiger partial charge in [-0.25, -0.2) is 4.98 Å². The number of benzene rings is 1. The van der Waals surface area contributed by atoms with Gasteiger partial charge >= 0.3 is 0 Å². The smallest absolute Gasteiger partial charge is 0.227 e. The zero-order valence-electron chi connectivity index (χ0n) is 15.5. The van der Waals surface area contributed by atoms with Gasteiger partial charge in [-0.3, -0.25) is 9.69 Å². The lowest BCUT2D eigenvalue weighted by atomic mass is 10.1. The summed E-state index contributed by atoms with van der Waals surface area (Å²) in [5.41, 5.74) is 2.22. The minimum Gasteiger partial charge on any atom is -0.379 e. The van der Waals surface area contributed by atoms with E-state index < -0.39 is 0 Å². The van der Waals surface area contributed by atoms with Crippen LogP contribution in [0.1, 0.15) is 11.3 Å². The predicted molar refractivity (Wildman–Crippen MR) is 107 cm³/mol. The lowest BCUT2D eigenvalue weighted by Gasteiger charge is -2.34. The molecule has 3 heterocycles. The van der Waals surface area contributed by atoms with Crippen molar-refractivity contribution in [3.05, 3.63) is 47.0 Å². The first-order valence-corrected chi connectivity index (χ1v) is 10.5. The van der Waals surface area contributed by atoms with E-state index in [1.54, 1.807) is 11.3 Å². The number of aromatic nitrogens is 1. The summed E-state index contributed by atoms with van der Waals surface area (Å²) in [6.07, 6.45) is 0.488. The minimum atomic E-state index is 0.216. The Morgan fingerprint density at radius 1 is 1.04 bits per heavy atom. The second-order valence-corrected chi connectivity index (χ2v) is 7.88. The summed E-state index contributed by atoms with van der Waals surface area (Å²) < 4.78 is 5.40. The van der Waals surface area contributed by atoms with Crippen LogP contribution in [0.25, 0.3) is 0 Å². The molecule has 0 aliphatic carbocycles. The van der Waals surface area contributed by atoms with E-state index in [1.807, 2.05) is 35.2 Å². The first kappa shape index (κ1) is 18.4. The normalized spacial score (nSPS) is 18.7. The molecule has 0 saturated carbocycles. The molecule has 1 amide bonds. The number of carbonyl (C=O) groups excluding carboxylic acids is 1. The van der Waals surface area contributed by atoms with Crippen LogP contribution in [0.2, 0.25) is 0 Å². The Kier molecular flexibility index (Phi) is 6.01. The first-order valence-electron chi connectivity index (χ1n) is 9.59. The van der Waals surface area contributed by atoms with E-state index in [2.05, 4.69) is 15.2 Å². The van der Waals surface area contributed by atoms with Gasteiger partial charge in [0.1, 0.15) is 0 Å². The molecule has 144 valence electrons. The number of morpholine rings is 1. The monoisotopic (exact) mass is 386 g/mol. The zero-order chi connectivity index (χ0) is 18.5. The van der Waals surface area contributed by atoms with Crippen molar-refractivity contribution < 1.29 is 9.53 Å². The molecular formula is C20H26N4O2S. The lowest BCUT2D eigenvalue weighted by Crippen LogP contribution is -2.49. The van der Waals surface area contributed by atoms with E-state index in [-0.39, 0.29) is 5.91 Å². The van der Waals surface area contributed by atoms with Gasteiger partial charge in [-0.15, -0.1) is 11.3 Å². The van der Waals surface area contributed by atoms with E-state index in [0.717, 1.165) is 75.4 Å². The third-order valence-electron chi connectivity index (χ3n) is 5.13. The van der Waals surface area contributed by atoms with Crippen LogP contribution < -0.4 is 4.90 Å². The largest absolute Gasteiger partial charge is 0.379 e. The average Bonchev–Trinajstić information content (AvgIpc) is 3.18. The predicted octanol–water partition coefficient (Wildman–Crippen LogP) is 1.87. The van der Waals surface area contributed by atoms with Gasteiger partial charge in [0.05, 0.1) is 25.3 Å². The SMILES string of the molecule is O=C(Cc1ccccc1)N1CCN(c2nc(CN3CCOCC3)cs2)CC1. The topological polar surface area (TPSA) is 48.9 Å². The van der Waals surface area contributed by atoms with E-state index in [4.69, 9.17) is 9.72 Å². The van der Waals surface area contributed by atoms with Crippen LogP contribution in [0, 0.1) is 0 Å². The Labute approximate surface area is 164 Å². The summed E-state index contributed by atoms with van der Waals surface area (Å²) in [4.78, 5) is 24.0. The standard InChI is InChI=1S/C20H26N4O2S/c25-19(14-17-4-2-1-3-5-17)23-6-8-24(9-7-23)20-21-18(16-27-20)15-22-10-12-26-13-11-22/h1-5,16H,6-15H2. The van der Waals surface area contributed by atoms with Crippen molar-refractivity contribution in [2.75, 3.05) is 57.4 Å². The molecule has 2 aromatic rings. The number of ether oxygens (including phenoxy) is 1. The fraction of sp³-hybridized carbons (Fsp3) is 0.500. The lowest BCUT2D eigenvalue weighted by molar-refractivity contribution is -0.130. The highest BCUT2D eigenvalue weighted by atomic mass is 32.1. The van der Waals surface area contributed by atoms with Crippen LogP contribution in [-0.4, -0.2) is 73.2 Å². The van der Waals surface area contributed by atoms with Crippen molar-refractivity contribution >= 4 is 22.4 Å². The average molecular weight is 387 g/mol. The maximum Gasteiger partial charge on any atom is 0.227 e. The van der Waals surface area contributed by atoms with Gasteiger partial charge in [-0.2, -0.15) is 0 Å². The van der Waals surface area contributed by atoms with E-state index in [0.29, 0.717) is 6.42 Å². The third kappa shape index (κ3) is 4.86. The highest BCUT2D eigenvalue weighted by Crippen LogP contribution is 2.23. The Bertz CT molecular complexity index is 737. The number of nitrogens with zero attached hydrogens (tertiary/aromatic N) is 4. The number of rotatable bonds is 5. The maximum absolute atomic E-state index is 12.5. The summed E-state index contributed by atoms with van der Waals surface area (Å²) in [7, 11) is 0. The molecule has 0 radical (unpaired) electrons. The van der Waals surface area contributed by atoms with Gasteiger partial charge in [-0.1, -0.05) is 30.3 Å². The number of anilines is 1. The fourth-order valence-corrected chi connectivity index (χ4v) is 4.40. The Balaban J connectivity index is 1.27. The van der Waals surface area contributed by atoms with Gasteiger partial charge < -0.3 is 14.5 Å². The second kappa shape index (κ2) is 8.82. The summed E-state index contributed by atoms with van der Waals surface area (Å²) in [5, 5.41) is 3.24. The van der Waals surface area contributed by atoms with Gasteiger partial charge in [0.15, 0.2) is 5.13 Å². The van der Waals surface area contributed by atoms with Crippen LogP contribution in [0.15, 0.2) is 35.7 Å². The minimum absolute atomic E-state index is 0.216. The third-order valence-corrected chi connectivity index (χ3v) is 6.08. The summed E-state index contributed by atoms with van der Waals surface area (Å²) in [6, 6.07) is 9.97. The van der Waals surface area contributed by atoms with Crippen LogP contribution in [0.3, 0.4) is 0 Å². The fourth-order valence-electron chi connectivity index (χ4n) is 3.53. The van der Waals surface area contributed by atoms with Crippen molar-refractivity contribution in [2.45, 2.75) is 13.0 Å². The van der Waals surface area contributed by atoms with Crippen molar-refractivity contribution in [3.8, 4) is 0 Å². The van der Waals surface area contributed by atoms with Gasteiger partial charge in [0, 0.05) is 51.2 Å².